The van der Waals surface area contributed by atoms with E-state index in [1.165, 1.54) is 12.0 Å². The van der Waals surface area contributed by atoms with E-state index in [-0.39, 0.29) is 17.9 Å². The lowest BCUT2D eigenvalue weighted by Gasteiger charge is -2.25. The van der Waals surface area contributed by atoms with Crippen LogP contribution < -0.4 is 9.47 Å². The Morgan fingerprint density at radius 1 is 0.969 bits per heavy atom. The van der Waals surface area contributed by atoms with Crippen molar-refractivity contribution < 1.29 is 24.2 Å². The van der Waals surface area contributed by atoms with Crippen molar-refractivity contribution in [2.24, 2.45) is 0 Å². The molecule has 1 aliphatic rings. The molecule has 1 aliphatic heterocycles. The Morgan fingerprint density at radius 2 is 1.66 bits per heavy atom. The normalized spacial score (nSPS) is 17.4. The van der Waals surface area contributed by atoms with E-state index in [2.05, 4.69) is 4.98 Å². The number of methoxy groups -OCH3 is 2. The zero-order chi connectivity index (χ0) is 22.7. The second kappa shape index (κ2) is 8.93. The van der Waals surface area contributed by atoms with Crippen LogP contribution in [-0.4, -0.2) is 40.9 Å². The Balaban J connectivity index is 1.81. The molecule has 0 bridgehead atoms. The number of carbonyl (C=O) groups is 2. The van der Waals surface area contributed by atoms with E-state index in [0.29, 0.717) is 22.6 Å². The van der Waals surface area contributed by atoms with E-state index in [9.17, 15) is 14.7 Å². The van der Waals surface area contributed by atoms with Crippen molar-refractivity contribution in [1.82, 2.24) is 9.88 Å². The minimum absolute atomic E-state index is 0.0305. The Labute approximate surface area is 185 Å². The Bertz CT molecular complexity index is 1170. The van der Waals surface area contributed by atoms with Gasteiger partial charge in [-0.05, 0) is 47.5 Å². The molecule has 1 aromatic heterocycles. The minimum atomic E-state index is -0.758. The van der Waals surface area contributed by atoms with Gasteiger partial charge in [0.1, 0.15) is 17.3 Å². The van der Waals surface area contributed by atoms with Crippen molar-refractivity contribution in [3.05, 3.63) is 95.3 Å². The van der Waals surface area contributed by atoms with Gasteiger partial charge in [0.25, 0.3) is 11.7 Å². The summed E-state index contributed by atoms with van der Waals surface area (Å²) >= 11 is 0. The minimum Gasteiger partial charge on any atom is -0.507 e. The number of Topliss-reactive ketones (excluding diaryl/α,β-unsaturated/α-hetero) is 1. The van der Waals surface area contributed by atoms with E-state index in [1.54, 1.807) is 68.0 Å². The second-order valence-corrected chi connectivity index (χ2v) is 7.29. The van der Waals surface area contributed by atoms with Gasteiger partial charge in [-0.1, -0.05) is 24.3 Å². The Kier molecular flexibility index (Phi) is 5.89. The predicted octanol–water partition coefficient (Wildman–Crippen LogP) is 3.72. The lowest BCUT2D eigenvalue weighted by atomic mass is 9.95. The molecule has 7 heteroatoms. The summed E-state index contributed by atoms with van der Waals surface area (Å²) in [5, 5.41) is 11.1. The molecular formula is C25H22N2O5. The molecular weight excluding hydrogens is 408 g/mol. The summed E-state index contributed by atoms with van der Waals surface area (Å²) in [5.74, 6) is -0.435. The zero-order valence-electron chi connectivity index (χ0n) is 17.7. The first-order valence-corrected chi connectivity index (χ1v) is 9.99. The smallest absolute Gasteiger partial charge is 0.295 e. The molecule has 3 aromatic rings. The summed E-state index contributed by atoms with van der Waals surface area (Å²) in [6.45, 7) is 0.191. The highest BCUT2D eigenvalue weighted by Gasteiger charge is 2.46. The number of ether oxygens (including phenoxy) is 2. The van der Waals surface area contributed by atoms with Crippen LogP contribution in [0.2, 0.25) is 0 Å². The lowest BCUT2D eigenvalue weighted by molar-refractivity contribution is -0.140. The van der Waals surface area contributed by atoms with Crippen molar-refractivity contribution in [2.45, 2.75) is 12.6 Å². The standard InChI is InChI=1S/C25H22N2O5/c1-31-19-8-6-16(7-9-19)15-27-22(17-10-12-26-13-11-17)21(24(29)25(27)30)23(28)18-4-3-5-20(14-18)32-2/h3-14,22,28H,15H2,1-2H3/b23-21-. The monoisotopic (exact) mass is 430 g/mol. The molecule has 1 fully saturated rings. The van der Waals surface area contributed by atoms with Crippen LogP contribution in [0.1, 0.15) is 22.7 Å². The molecule has 1 amide bonds. The zero-order valence-corrected chi connectivity index (χ0v) is 17.7. The van der Waals surface area contributed by atoms with Crippen LogP contribution in [0.3, 0.4) is 0 Å². The van der Waals surface area contributed by atoms with E-state index in [1.807, 2.05) is 12.1 Å². The van der Waals surface area contributed by atoms with Crippen LogP contribution in [0.4, 0.5) is 0 Å². The summed E-state index contributed by atoms with van der Waals surface area (Å²) < 4.78 is 10.4. The van der Waals surface area contributed by atoms with Gasteiger partial charge < -0.3 is 19.5 Å². The maximum absolute atomic E-state index is 13.1. The molecule has 7 nitrogen and oxygen atoms in total. The number of rotatable bonds is 6. The number of aliphatic hydroxyl groups excluding tert-OH is 1. The van der Waals surface area contributed by atoms with Gasteiger partial charge in [-0.3, -0.25) is 14.6 Å². The van der Waals surface area contributed by atoms with Crippen LogP contribution >= 0.6 is 0 Å². The molecule has 1 unspecified atom stereocenters. The molecule has 162 valence electrons. The van der Waals surface area contributed by atoms with E-state index >= 15 is 0 Å². The lowest BCUT2D eigenvalue weighted by Crippen LogP contribution is -2.29. The number of amides is 1. The largest absolute Gasteiger partial charge is 0.507 e. The topological polar surface area (TPSA) is 89.0 Å². The van der Waals surface area contributed by atoms with Gasteiger partial charge in [0.05, 0.1) is 25.8 Å². The number of likely N-dealkylation sites (tertiary alicyclic amines) is 1. The van der Waals surface area contributed by atoms with Crippen molar-refractivity contribution in [1.29, 1.82) is 0 Å². The first-order chi connectivity index (χ1) is 15.5. The predicted molar refractivity (Wildman–Crippen MR) is 118 cm³/mol. The van der Waals surface area contributed by atoms with E-state index in [4.69, 9.17) is 9.47 Å². The third-order valence-corrected chi connectivity index (χ3v) is 5.42. The van der Waals surface area contributed by atoms with Gasteiger partial charge in [0.2, 0.25) is 0 Å². The number of benzene rings is 2. The average Bonchev–Trinajstić information content (AvgIpc) is 3.09. The molecule has 0 saturated carbocycles. The highest BCUT2D eigenvalue weighted by molar-refractivity contribution is 6.46. The molecule has 32 heavy (non-hydrogen) atoms. The first kappa shape index (κ1) is 21.1. The fourth-order valence-electron chi connectivity index (χ4n) is 3.79. The number of hydrogen-bond donors (Lipinski definition) is 1. The molecule has 1 saturated heterocycles. The van der Waals surface area contributed by atoms with Crippen LogP contribution in [0.25, 0.3) is 5.76 Å². The summed E-state index contributed by atoms with van der Waals surface area (Å²) in [6.07, 6.45) is 3.18. The maximum Gasteiger partial charge on any atom is 0.295 e. The van der Waals surface area contributed by atoms with Gasteiger partial charge in [-0.2, -0.15) is 0 Å². The molecule has 4 rings (SSSR count). The highest BCUT2D eigenvalue weighted by atomic mass is 16.5. The molecule has 1 N–H and O–H groups in total. The number of aromatic nitrogens is 1. The number of carbonyl (C=O) groups excluding carboxylic acids is 2. The molecule has 2 aromatic carbocycles. The third-order valence-electron chi connectivity index (χ3n) is 5.42. The first-order valence-electron chi connectivity index (χ1n) is 9.99. The van der Waals surface area contributed by atoms with Crippen molar-refractivity contribution in [2.75, 3.05) is 14.2 Å². The molecule has 2 heterocycles. The number of hydrogen-bond acceptors (Lipinski definition) is 6. The summed E-state index contributed by atoms with van der Waals surface area (Å²) in [6, 6.07) is 16.7. The van der Waals surface area contributed by atoms with Gasteiger partial charge in [-0.25, -0.2) is 0 Å². The maximum atomic E-state index is 13.1. The molecule has 0 radical (unpaired) electrons. The fraction of sp³-hybridized carbons (Fsp3) is 0.160. The number of aliphatic hydroxyl groups is 1. The summed E-state index contributed by atoms with van der Waals surface area (Å²) in [4.78, 5) is 31.6. The number of ketones is 1. The third kappa shape index (κ3) is 3.92. The second-order valence-electron chi connectivity index (χ2n) is 7.29. The van der Waals surface area contributed by atoms with Crippen molar-refractivity contribution in [3.8, 4) is 11.5 Å². The average molecular weight is 430 g/mol. The van der Waals surface area contributed by atoms with E-state index in [0.717, 1.165) is 5.56 Å². The van der Waals surface area contributed by atoms with Crippen LogP contribution in [0, 0.1) is 0 Å². The highest BCUT2D eigenvalue weighted by Crippen LogP contribution is 2.40. The van der Waals surface area contributed by atoms with Gasteiger partial charge in [0.15, 0.2) is 0 Å². The Morgan fingerprint density at radius 3 is 2.31 bits per heavy atom. The fourth-order valence-corrected chi connectivity index (χ4v) is 3.79. The summed E-state index contributed by atoms with van der Waals surface area (Å²) in [5.41, 5.74) is 1.93. The van der Waals surface area contributed by atoms with Crippen LogP contribution in [0.5, 0.6) is 11.5 Å². The number of pyridine rings is 1. The number of nitrogens with zero attached hydrogens (tertiary/aromatic N) is 2. The van der Waals surface area contributed by atoms with Gasteiger partial charge >= 0.3 is 0 Å². The molecule has 1 atom stereocenters. The summed E-state index contributed by atoms with van der Waals surface area (Å²) in [7, 11) is 3.10. The van der Waals surface area contributed by atoms with Crippen LogP contribution in [0.15, 0.2) is 78.6 Å². The van der Waals surface area contributed by atoms with E-state index < -0.39 is 17.7 Å². The molecule has 0 spiro atoms. The van der Waals surface area contributed by atoms with Crippen LogP contribution in [-0.2, 0) is 16.1 Å². The SMILES string of the molecule is COc1ccc(CN2C(=O)C(=O)/C(=C(\O)c3cccc(OC)c3)C2c2ccncc2)cc1. The van der Waals surface area contributed by atoms with Crippen molar-refractivity contribution in [3.63, 3.8) is 0 Å². The van der Waals surface area contributed by atoms with Gasteiger partial charge in [-0.15, -0.1) is 0 Å². The Hall–Kier alpha value is -4.13. The molecule has 0 aliphatic carbocycles. The van der Waals surface area contributed by atoms with Gasteiger partial charge in [0, 0.05) is 24.5 Å². The quantitative estimate of drug-likeness (QED) is 0.364. The van der Waals surface area contributed by atoms with Crippen molar-refractivity contribution >= 4 is 17.4 Å².